The fourth-order valence-electron chi connectivity index (χ4n) is 4.81. The molecule has 138 valence electrons. The molecule has 3 rings (SSSR count). The summed E-state index contributed by atoms with van der Waals surface area (Å²) in [7, 11) is 0. The Bertz CT molecular complexity index is 432. The van der Waals surface area contributed by atoms with E-state index in [0.29, 0.717) is 24.3 Å². The van der Waals surface area contributed by atoms with Gasteiger partial charge in [0.05, 0.1) is 6.54 Å². The molecular weight excluding hydrogens is 326 g/mol. The second-order valence-electron chi connectivity index (χ2n) is 7.76. The van der Waals surface area contributed by atoms with E-state index in [1.165, 1.54) is 19.3 Å². The van der Waals surface area contributed by atoms with Gasteiger partial charge >= 0.3 is 0 Å². The molecule has 0 radical (unpaired) electrons. The molecule has 3 fully saturated rings. The second-order valence-corrected chi connectivity index (χ2v) is 7.76. The van der Waals surface area contributed by atoms with Gasteiger partial charge in [-0.1, -0.05) is 19.3 Å². The minimum absolute atomic E-state index is 0. The minimum atomic E-state index is 0. The van der Waals surface area contributed by atoms with Gasteiger partial charge < -0.3 is 16.0 Å². The zero-order chi connectivity index (χ0) is 16.2. The first-order valence-electron chi connectivity index (χ1n) is 9.46. The first kappa shape index (κ1) is 19.5. The minimum Gasteiger partial charge on any atom is -0.351 e. The molecule has 2 atom stereocenters. The summed E-state index contributed by atoms with van der Waals surface area (Å²) in [6.07, 6.45) is 10.6. The van der Waals surface area contributed by atoms with Crippen LogP contribution in [0.1, 0.15) is 64.2 Å². The van der Waals surface area contributed by atoms with Crippen LogP contribution in [0.4, 0.5) is 0 Å². The maximum absolute atomic E-state index is 12.5. The lowest BCUT2D eigenvalue weighted by molar-refractivity contribution is -0.137. The van der Waals surface area contributed by atoms with Crippen LogP contribution in [0.5, 0.6) is 0 Å². The van der Waals surface area contributed by atoms with Gasteiger partial charge in [0.1, 0.15) is 0 Å². The molecule has 1 saturated heterocycles. The van der Waals surface area contributed by atoms with Crippen LogP contribution in [0.3, 0.4) is 0 Å². The van der Waals surface area contributed by atoms with Crippen molar-refractivity contribution in [2.24, 2.45) is 17.6 Å². The molecule has 3 aliphatic rings. The highest BCUT2D eigenvalue weighted by atomic mass is 35.5. The van der Waals surface area contributed by atoms with Crippen LogP contribution >= 0.6 is 12.4 Å². The van der Waals surface area contributed by atoms with E-state index in [1.807, 2.05) is 0 Å². The van der Waals surface area contributed by atoms with Crippen molar-refractivity contribution in [1.29, 1.82) is 0 Å². The van der Waals surface area contributed by atoms with Crippen molar-refractivity contribution >= 4 is 24.2 Å². The predicted octanol–water partition coefficient (Wildman–Crippen LogP) is 2.22. The standard InChI is InChI=1S/C18H31N3O2.ClH/c19-15-10-13-6-5-7-14(11-15)18(13)20-16(22)12-21-9-4-2-1-3-8-17(21)23;/h13-15,18H,1-12,19H2,(H,20,22);1H. The van der Waals surface area contributed by atoms with Crippen molar-refractivity contribution in [3.63, 3.8) is 0 Å². The molecule has 2 aliphatic carbocycles. The van der Waals surface area contributed by atoms with Crippen molar-refractivity contribution in [3.05, 3.63) is 0 Å². The van der Waals surface area contributed by atoms with E-state index >= 15 is 0 Å². The molecule has 0 aromatic rings. The molecule has 0 aromatic carbocycles. The van der Waals surface area contributed by atoms with Gasteiger partial charge in [0.15, 0.2) is 0 Å². The number of carbonyl (C=O) groups is 2. The highest BCUT2D eigenvalue weighted by molar-refractivity contribution is 5.85. The number of fused-ring (bicyclic) bond motifs is 2. The van der Waals surface area contributed by atoms with E-state index in [-0.39, 0.29) is 36.8 Å². The summed E-state index contributed by atoms with van der Waals surface area (Å²) >= 11 is 0. The molecule has 0 spiro atoms. The zero-order valence-corrected chi connectivity index (χ0v) is 15.4. The van der Waals surface area contributed by atoms with Crippen LogP contribution in [-0.4, -0.2) is 41.9 Å². The van der Waals surface area contributed by atoms with E-state index in [0.717, 1.165) is 45.1 Å². The largest absolute Gasteiger partial charge is 0.351 e. The Labute approximate surface area is 151 Å². The number of likely N-dealkylation sites (tertiary alicyclic amines) is 1. The monoisotopic (exact) mass is 357 g/mol. The van der Waals surface area contributed by atoms with Gasteiger partial charge in [-0.2, -0.15) is 0 Å². The Morgan fingerprint density at radius 2 is 1.75 bits per heavy atom. The number of amides is 2. The number of hydrogen-bond donors (Lipinski definition) is 2. The molecule has 2 amide bonds. The first-order valence-corrected chi connectivity index (χ1v) is 9.46. The zero-order valence-electron chi connectivity index (χ0n) is 14.5. The highest BCUT2D eigenvalue weighted by Gasteiger charge is 2.40. The van der Waals surface area contributed by atoms with Gasteiger partial charge in [-0.15, -0.1) is 12.4 Å². The van der Waals surface area contributed by atoms with Crippen molar-refractivity contribution in [2.45, 2.75) is 76.3 Å². The first-order chi connectivity index (χ1) is 11.1. The van der Waals surface area contributed by atoms with E-state index in [4.69, 9.17) is 5.73 Å². The summed E-state index contributed by atoms with van der Waals surface area (Å²) in [5, 5.41) is 3.26. The van der Waals surface area contributed by atoms with Gasteiger partial charge in [0.2, 0.25) is 11.8 Å². The number of nitrogens with two attached hydrogens (primary N) is 1. The average Bonchev–Trinajstić information content (AvgIpc) is 2.48. The average molecular weight is 358 g/mol. The molecule has 5 nitrogen and oxygen atoms in total. The Morgan fingerprint density at radius 1 is 1.08 bits per heavy atom. The summed E-state index contributed by atoms with van der Waals surface area (Å²) in [6.45, 7) is 0.968. The molecule has 1 aliphatic heterocycles. The van der Waals surface area contributed by atoms with Crippen LogP contribution in [0.2, 0.25) is 0 Å². The lowest BCUT2D eigenvalue weighted by atomic mass is 9.67. The third kappa shape index (κ3) is 4.85. The second kappa shape index (κ2) is 9.04. The van der Waals surface area contributed by atoms with Gasteiger partial charge in [0, 0.05) is 25.0 Å². The number of carbonyl (C=O) groups excluding carboxylic acids is 2. The molecule has 3 N–H and O–H groups in total. The third-order valence-electron chi connectivity index (χ3n) is 5.96. The van der Waals surface area contributed by atoms with Gasteiger partial charge in [-0.25, -0.2) is 0 Å². The fourth-order valence-corrected chi connectivity index (χ4v) is 4.81. The third-order valence-corrected chi connectivity index (χ3v) is 5.96. The van der Waals surface area contributed by atoms with Crippen LogP contribution in [0.25, 0.3) is 0 Å². The van der Waals surface area contributed by atoms with Gasteiger partial charge in [-0.3, -0.25) is 9.59 Å². The fraction of sp³-hybridized carbons (Fsp3) is 0.889. The summed E-state index contributed by atoms with van der Waals surface area (Å²) in [5.74, 6) is 1.23. The van der Waals surface area contributed by atoms with E-state index in [1.54, 1.807) is 4.90 Å². The van der Waals surface area contributed by atoms with Crippen molar-refractivity contribution in [1.82, 2.24) is 10.2 Å². The number of nitrogens with one attached hydrogen (secondary N) is 1. The molecule has 0 aromatic heterocycles. The summed E-state index contributed by atoms with van der Waals surface area (Å²) < 4.78 is 0. The van der Waals surface area contributed by atoms with E-state index in [9.17, 15) is 9.59 Å². The van der Waals surface area contributed by atoms with E-state index in [2.05, 4.69) is 5.32 Å². The number of hydrogen-bond acceptors (Lipinski definition) is 3. The van der Waals surface area contributed by atoms with Crippen molar-refractivity contribution in [2.75, 3.05) is 13.1 Å². The number of halogens is 1. The van der Waals surface area contributed by atoms with Crippen LogP contribution in [0, 0.1) is 11.8 Å². The van der Waals surface area contributed by atoms with Crippen molar-refractivity contribution < 1.29 is 9.59 Å². The topological polar surface area (TPSA) is 75.4 Å². The number of nitrogens with zero attached hydrogens (tertiary/aromatic N) is 1. The van der Waals surface area contributed by atoms with Crippen LogP contribution < -0.4 is 11.1 Å². The molecular formula is C18H32ClN3O2. The highest BCUT2D eigenvalue weighted by Crippen LogP contribution is 2.39. The van der Waals surface area contributed by atoms with Gasteiger partial charge in [-0.05, 0) is 50.4 Å². The maximum Gasteiger partial charge on any atom is 0.239 e. The van der Waals surface area contributed by atoms with E-state index < -0.39 is 0 Å². The van der Waals surface area contributed by atoms with Gasteiger partial charge in [0.25, 0.3) is 0 Å². The van der Waals surface area contributed by atoms with Crippen LogP contribution in [-0.2, 0) is 9.59 Å². The summed E-state index contributed by atoms with van der Waals surface area (Å²) in [6, 6.07) is 0.579. The summed E-state index contributed by atoms with van der Waals surface area (Å²) in [5.41, 5.74) is 6.15. The Balaban J connectivity index is 0.00000208. The molecule has 2 saturated carbocycles. The van der Waals surface area contributed by atoms with Crippen LogP contribution in [0.15, 0.2) is 0 Å². The maximum atomic E-state index is 12.5. The lowest BCUT2D eigenvalue weighted by Crippen LogP contribution is -2.55. The smallest absolute Gasteiger partial charge is 0.239 e. The Kier molecular flexibility index (Phi) is 7.35. The molecule has 24 heavy (non-hydrogen) atoms. The normalized spacial score (nSPS) is 33.9. The predicted molar refractivity (Wildman–Crippen MR) is 96.9 cm³/mol. The van der Waals surface area contributed by atoms with Crippen molar-refractivity contribution in [3.8, 4) is 0 Å². The molecule has 1 heterocycles. The SMILES string of the molecule is Cl.NC1CC2CCCC(C1)C2NC(=O)CN1CCCCCCC1=O. The molecule has 6 heteroatoms. The Hall–Kier alpha value is -0.810. The molecule has 2 unspecified atom stereocenters. The summed E-state index contributed by atoms with van der Waals surface area (Å²) in [4.78, 5) is 26.4. The lowest BCUT2D eigenvalue weighted by Gasteiger charge is -2.45. The molecule has 2 bridgehead atoms. The Morgan fingerprint density at radius 3 is 2.46 bits per heavy atom. The number of rotatable bonds is 3. The quantitative estimate of drug-likeness (QED) is 0.813.